The number of hydrogen-bond acceptors (Lipinski definition) is 1. The molecular weight excluding hydrogens is 449 g/mol. The van der Waals surface area contributed by atoms with Gasteiger partial charge in [0.15, 0.2) is 0 Å². The van der Waals surface area contributed by atoms with E-state index in [-0.39, 0.29) is 17.2 Å². The van der Waals surface area contributed by atoms with Gasteiger partial charge in [-0.2, -0.15) is 13.2 Å². The molecule has 0 aromatic heterocycles. The Bertz CT molecular complexity index is 981. The van der Waals surface area contributed by atoms with Crippen LogP contribution >= 0.6 is 0 Å². The molecule has 0 amide bonds. The highest BCUT2D eigenvalue weighted by Gasteiger charge is 2.29. The van der Waals surface area contributed by atoms with E-state index in [0.717, 1.165) is 25.7 Å². The molecule has 1 aliphatic rings. The standard InChI is InChI=1S/C25H25F7O/c1-3-4-14(2)16-6-8-23(33-13-16)15-5-7-18(19(26)9-15)17-10-20(27)24(21(28)11-17)22(29)12-25(30,31)32/h5,7,9-12,14,16,23H,3-4,6,8,13H2,1-2H3/b22-12-. The van der Waals surface area contributed by atoms with Crippen molar-refractivity contribution in [3.63, 3.8) is 0 Å². The van der Waals surface area contributed by atoms with E-state index >= 15 is 0 Å². The summed E-state index contributed by atoms with van der Waals surface area (Å²) in [5, 5.41) is 0. The molecule has 1 fully saturated rings. The van der Waals surface area contributed by atoms with Gasteiger partial charge in [-0.05, 0) is 54.0 Å². The maximum absolute atomic E-state index is 14.8. The summed E-state index contributed by atoms with van der Waals surface area (Å²) < 4.78 is 99.9. The van der Waals surface area contributed by atoms with Crippen LogP contribution in [0.4, 0.5) is 30.7 Å². The fourth-order valence-corrected chi connectivity index (χ4v) is 4.31. The van der Waals surface area contributed by atoms with Crippen LogP contribution < -0.4 is 0 Å². The Kier molecular flexibility index (Phi) is 7.88. The Balaban J connectivity index is 1.80. The second-order valence-corrected chi connectivity index (χ2v) is 8.51. The minimum atomic E-state index is -5.08. The Morgan fingerprint density at radius 2 is 1.73 bits per heavy atom. The minimum absolute atomic E-state index is 0.159. The summed E-state index contributed by atoms with van der Waals surface area (Å²) in [5.74, 6) is -5.00. The van der Waals surface area contributed by atoms with Crippen LogP contribution in [0.3, 0.4) is 0 Å². The highest BCUT2D eigenvalue weighted by molar-refractivity contribution is 5.69. The zero-order chi connectivity index (χ0) is 24.3. The number of ether oxygens (including phenoxy) is 1. The van der Waals surface area contributed by atoms with Gasteiger partial charge in [-0.3, -0.25) is 0 Å². The smallest absolute Gasteiger partial charge is 0.373 e. The lowest BCUT2D eigenvalue weighted by Crippen LogP contribution is -2.25. The summed E-state index contributed by atoms with van der Waals surface area (Å²) in [6.07, 6.45) is -2.33. The molecule has 180 valence electrons. The third kappa shape index (κ3) is 6.16. The molecule has 8 heteroatoms. The predicted molar refractivity (Wildman–Crippen MR) is 112 cm³/mol. The zero-order valence-electron chi connectivity index (χ0n) is 18.3. The van der Waals surface area contributed by atoms with E-state index in [1.165, 1.54) is 12.1 Å². The lowest BCUT2D eigenvalue weighted by atomic mass is 9.84. The first-order valence-corrected chi connectivity index (χ1v) is 10.9. The molecule has 2 aromatic carbocycles. The van der Waals surface area contributed by atoms with Crippen molar-refractivity contribution in [2.24, 2.45) is 11.8 Å². The number of allylic oxidation sites excluding steroid dienone is 1. The van der Waals surface area contributed by atoms with E-state index in [1.54, 1.807) is 6.07 Å². The Hall–Kier alpha value is -2.35. The van der Waals surface area contributed by atoms with E-state index in [4.69, 9.17) is 4.74 Å². The normalized spacial score (nSPS) is 20.7. The van der Waals surface area contributed by atoms with Gasteiger partial charge in [0.05, 0.1) is 24.4 Å². The molecule has 3 unspecified atom stereocenters. The van der Waals surface area contributed by atoms with Crippen LogP contribution in [-0.2, 0) is 4.74 Å². The maximum atomic E-state index is 14.8. The van der Waals surface area contributed by atoms with Gasteiger partial charge in [0.1, 0.15) is 23.3 Å². The fourth-order valence-electron chi connectivity index (χ4n) is 4.31. The molecule has 0 saturated carbocycles. The Morgan fingerprint density at radius 3 is 2.24 bits per heavy atom. The van der Waals surface area contributed by atoms with Gasteiger partial charge in [-0.15, -0.1) is 0 Å². The van der Waals surface area contributed by atoms with Gasteiger partial charge in [0, 0.05) is 5.56 Å². The Morgan fingerprint density at radius 1 is 1.06 bits per heavy atom. The molecule has 1 aliphatic heterocycles. The number of hydrogen-bond donors (Lipinski definition) is 0. The first kappa shape index (κ1) is 25.3. The third-order valence-corrected chi connectivity index (χ3v) is 6.11. The summed E-state index contributed by atoms with van der Waals surface area (Å²) >= 11 is 0. The van der Waals surface area contributed by atoms with Crippen molar-refractivity contribution < 1.29 is 35.5 Å². The summed E-state index contributed by atoms with van der Waals surface area (Å²) in [4.78, 5) is 0. The van der Waals surface area contributed by atoms with Crippen LogP contribution in [0.2, 0.25) is 0 Å². The van der Waals surface area contributed by atoms with Gasteiger partial charge in [-0.1, -0.05) is 38.8 Å². The predicted octanol–water partition coefficient (Wildman–Crippen LogP) is 8.55. The largest absolute Gasteiger partial charge is 0.412 e. The highest BCUT2D eigenvalue weighted by Crippen LogP contribution is 2.37. The van der Waals surface area contributed by atoms with Crippen LogP contribution in [0.5, 0.6) is 0 Å². The number of halogens is 7. The van der Waals surface area contributed by atoms with E-state index in [0.29, 0.717) is 36.1 Å². The topological polar surface area (TPSA) is 9.23 Å². The third-order valence-electron chi connectivity index (χ3n) is 6.11. The van der Waals surface area contributed by atoms with Crippen LogP contribution in [-0.4, -0.2) is 12.8 Å². The first-order chi connectivity index (χ1) is 15.5. The fraction of sp³-hybridized carbons (Fsp3) is 0.440. The Labute approximate surface area is 188 Å². The molecule has 0 aliphatic carbocycles. The minimum Gasteiger partial charge on any atom is -0.373 e. The molecule has 2 aromatic rings. The summed E-state index contributed by atoms with van der Waals surface area (Å²) in [6, 6.07) is 5.36. The molecule has 0 bridgehead atoms. The lowest BCUT2D eigenvalue weighted by molar-refractivity contribution is -0.0798. The van der Waals surface area contributed by atoms with Gasteiger partial charge in [0.2, 0.25) is 0 Å². The van der Waals surface area contributed by atoms with Crippen LogP contribution in [0.1, 0.15) is 56.8 Å². The van der Waals surface area contributed by atoms with Crippen molar-refractivity contribution >= 4 is 5.83 Å². The van der Waals surface area contributed by atoms with Gasteiger partial charge >= 0.3 is 6.18 Å². The number of rotatable bonds is 6. The van der Waals surface area contributed by atoms with E-state index < -0.39 is 41.1 Å². The molecule has 1 saturated heterocycles. The molecule has 33 heavy (non-hydrogen) atoms. The van der Waals surface area contributed by atoms with Crippen molar-refractivity contribution in [2.45, 2.75) is 51.8 Å². The van der Waals surface area contributed by atoms with Crippen LogP contribution in [0.25, 0.3) is 17.0 Å². The number of alkyl halides is 3. The van der Waals surface area contributed by atoms with E-state index in [1.807, 2.05) is 0 Å². The molecule has 3 atom stereocenters. The van der Waals surface area contributed by atoms with Crippen molar-refractivity contribution in [3.05, 3.63) is 65.0 Å². The molecular formula is C25H25F7O. The molecule has 1 heterocycles. The van der Waals surface area contributed by atoms with Gasteiger partial charge < -0.3 is 4.74 Å². The van der Waals surface area contributed by atoms with Crippen molar-refractivity contribution in [2.75, 3.05) is 6.61 Å². The van der Waals surface area contributed by atoms with Crippen molar-refractivity contribution in [1.29, 1.82) is 0 Å². The molecule has 1 nitrogen and oxygen atoms in total. The summed E-state index contributed by atoms with van der Waals surface area (Å²) in [5.41, 5.74) is -1.27. The number of benzene rings is 2. The molecule has 3 rings (SSSR count). The highest BCUT2D eigenvalue weighted by atomic mass is 19.4. The quantitative estimate of drug-likeness (QED) is 0.381. The van der Waals surface area contributed by atoms with Gasteiger partial charge in [-0.25, -0.2) is 17.6 Å². The monoisotopic (exact) mass is 474 g/mol. The van der Waals surface area contributed by atoms with E-state index in [2.05, 4.69) is 13.8 Å². The van der Waals surface area contributed by atoms with Crippen molar-refractivity contribution in [3.8, 4) is 11.1 Å². The molecule has 0 N–H and O–H groups in total. The second kappa shape index (κ2) is 10.3. The maximum Gasteiger partial charge on any atom is 0.412 e. The lowest BCUT2D eigenvalue weighted by Gasteiger charge is -2.33. The zero-order valence-corrected chi connectivity index (χ0v) is 18.3. The van der Waals surface area contributed by atoms with E-state index in [9.17, 15) is 30.7 Å². The summed E-state index contributed by atoms with van der Waals surface area (Å²) in [7, 11) is 0. The average Bonchev–Trinajstić information content (AvgIpc) is 2.72. The van der Waals surface area contributed by atoms with Crippen LogP contribution in [0.15, 0.2) is 36.4 Å². The SMILES string of the molecule is CCCC(C)C1CCC(c2ccc(-c3cc(F)c(/C(F)=C/C(F)(F)F)c(F)c3)c(F)c2)OC1. The average molecular weight is 474 g/mol. The second-order valence-electron chi connectivity index (χ2n) is 8.51. The molecule has 0 radical (unpaired) electrons. The van der Waals surface area contributed by atoms with Crippen LogP contribution in [0, 0.1) is 29.3 Å². The van der Waals surface area contributed by atoms with Crippen molar-refractivity contribution in [1.82, 2.24) is 0 Å². The summed E-state index contributed by atoms with van der Waals surface area (Å²) in [6.45, 7) is 4.90. The van der Waals surface area contributed by atoms with Gasteiger partial charge in [0.25, 0.3) is 0 Å². The molecule has 0 spiro atoms. The first-order valence-electron chi connectivity index (χ1n) is 10.9.